The smallest absolute Gasteiger partial charge is 0.462 e. The second-order valence-electron chi connectivity index (χ2n) is 23.4. The minimum atomic E-state index is -5.01. The van der Waals surface area contributed by atoms with Crippen LogP contribution in [-0.4, -0.2) is 96.7 Å². The van der Waals surface area contributed by atoms with Crippen molar-refractivity contribution in [1.82, 2.24) is 0 Å². The summed E-state index contributed by atoms with van der Waals surface area (Å²) in [5.74, 6) is -2.37. The van der Waals surface area contributed by atoms with E-state index in [0.717, 1.165) is 148 Å². The molecule has 0 saturated carbocycles. The number of phosphoric ester groups is 2. The molecule has 0 fully saturated rings. The maximum Gasteiger partial charge on any atom is 0.472 e. The Morgan fingerprint density at radius 2 is 0.541 bits per heavy atom. The van der Waals surface area contributed by atoms with Crippen molar-refractivity contribution in [3.05, 3.63) is 170 Å². The van der Waals surface area contributed by atoms with Gasteiger partial charge in [-0.15, -0.1) is 0 Å². The predicted molar refractivity (Wildman–Crippen MR) is 399 cm³/mol. The largest absolute Gasteiger partial charge is 0.472 e. The number of hydrogen-bond donors (Lipinski definition) is 3. The third-order valence-electron chi connectivity index (χ3n) is 14.2. The van der Waals surface area contributed by atoms with Gasteiger partial charge in [-0.05, 0) is 161 Å². The van der Waals surface area contributed by atoms with Crippen molar-refractivity contribution in [2.24, 2.45) is 0 Å². The quantitative estimate of drug-likeness (QED) is 0.0169. The number of carbonyl (C=O) groups is 4. The second kappa shape index (κ2) is 69.9. The van der Waals surface area contributed by atoms with Crippen LogP contribution in [0.15, 0.2) is 170 Å². The molecule has 0 aliphatic heterocycles. The fraction of sp³-hybridized carbons (Fsp3) is 0.595. The summed E-state index contributed by atoms with van der Waals surface area (Å²) in [6.45, 7) is 4.26. The standard InChI is InChI=1S/C79H126O17P2/c1-5-9-13-17-21-25-29-32-35-36-39-41-45-48-52-56-60-64-77(82)90-70-75(96-79(84)66-62-58-54-50-46-42-38-34-31-27-23-19-15-11-7-3)72-94-98(87,88)92-68-73(80)67-91-97(85,86)93-71-74(95-78(83)65-61-57-53-49-43-28-24-20-16-12-8-4)69-89-76(81)63-59-55-51-47-44-40-37-33-30-26-22-18-14-10-6-2/h9-11,13-15,20-27,32-35,37-39,41,44,46-48,50,52,73-75,80H,5-8,12,16-19,28-31,36,40,42-43,45,49,51,53-72H2,1-4H3,(H,85,86)(H,87,88)/b13-9-,14-10-,15-11-,24-20-,25-21-,26-22-,27-23-,35-32-,37-33-,38-34-,41-39-,47-44-,50-46-,52-48-. The molecule has 0 aromatic rings. The van der Waals surface area contributed by atoms with Gasteiger partial charge in [-0.1, -0.05) is 230 Å². The number of aliphatic hydroxyl groups is 1. The normalized spacial score (nSPS) is 15.0. The van der Waals surface area contributed by atoms with Crippen molar-refractivity contribution in [3.63, 3.8) is 0 Å². The van der Waals surface area contributed by atoms with Crippen LogP contribution in [0.5, 0.6) is 0 Å². The molecule has 0 saturated heterocycles. The fourth-order valence-corrected chi connectivity index (χ4v) is 10.3. The molecular formula is C79H126O17P2. The summed E-state index contributed by atoms with van der Waals surface area (Å²) < 4.78 is 68.2. The summed E-state index contributed by atoms with van der Waals surface area (Å²) in [7, 11) is -10.0. The lowest BCUT2D eigenvalue weighted by Crippen LogP contribution is -2.30. The molecule has 5 atom stereocenters. The Morgan fingerprint density at radius 1 is 0.296 bits per heavy atom. The molecule has 0 heterocycles. The Balaban J connectivity index is 5.48. The third-order valence-corrected chi connectivity index (χ3v) is 16.1. The number of unbranched alkanes of at least 4 members (excludes halogenated alkanes) is 12. The molecule has 0 spiro atoms. The summed E-state index contributed by atoms with van der Waals surface area (Å²) in [6, 6.07) is 0. The van der Waals surface area contributed by atoms with Crippen molar-refractivity contribution >= 4 is 39.5 Å². The van der Waals surface area contributed by atoms with E-state index in [0.29, 0.717) is 38.5 Å². The molecule has 0 bridgehead atoms. The molecule has 3 N–H and O–H groups in total. The number of esters is 4. The Hall–Kier alpha value is -5.58. The van der Waals surface area contributed by atoms with Crippen molar-refractivity contribution in [2.45, 2.75) is 264 Å². The Labute approximate surface area is 591 Å². The molecule has 19 heteroatoms. The van der Waals surface area contributed by atoms with E-state index in [1.54, 1.807) is 0 Å². The molecule has 5 unspecified atom stereocenters. The first kappa shape index (κ1) is 92.4. The fourth-order valence-electron chi connectivity index (χ4n) is 8.69. The number of phosphoric acid groups is 2. The number of aliphatic hydroxyl groups excluding tert-OH is 1. The Bertz CT molecular complexity index is 2530. The van der Waals surface area contributed by atoms with Crippen molar-refractivity contribution < 1.29 is 80.2 Å². The summed E-state index contributed by atoms with van der Waals surface area (Å²) in [5, 5.41) is 10.6. The lowest BCUT2D eigenvalue weighted by atomic mass is 10.1. The molecule has 17 nitrogen and oxygen atoms in total. The van der Waals surface area contributed by atoms with Crippen LogP contribution in [0.1, 0.15) is 246 Å². The van der Waals surface area contributed by atoms with Crippen molar-refractivity contribution in [1.29, 1.82) is 0 Å². The minimum Gasteiger partial charge on any atom is -0.462 e. The van der Waals surface area contributed by atoms with Crippen molar-refractivity contribution in [2.75, 3.05) is 39.6 Å². The van der Waals surface area contributed by atoms with Gasteiger partial charge >= 0.3 is 39.5 Å². The summed E-state index contributed by atoms with van der Waals surface area (Å²) in [5.41, 5.74) is 0. The van der Waals surface area contributed by atoms with Crippen LogP contribution in [0.4, 0.5) is 0 Å². The highest BCUT2D eigenvalue weighted by Crippen LogP contribution is 2.45. The maximum atomic E-state index is 13.1. The average molecular weight is 1410 g/mol. The van der Waals surface area contributed by atoms with E-state index >= 15 is 0 Å². The molecule has 0 aliphatic carbocycles. The zero-order valence-corrected chi connectivity index (χ0v) is 61.9. The van der Waals surface area contributed by atoms with Crippen LogP contribution in [0.2, 0.25) is 0 Å². The molecule has 0 amide bonds. The van der Waals surface area contributed by atoms with Gasteiger partial charge in [-0.3, -0.25) is 37.3 Å². The van der Waals surface area contributed by atoms with Gasteiger partial charge in [0, 0.05) is 25.7 Å². The van der Waals surface area contributed by atoms with Crippen LogP contribution >= 0.6 is 15.6 Å². The Kier molecular flexibility index (Phi) is 65.9. The van der Waals surface area contributed by atoms with Gasteiger partial charge in [0.2, 0.25) is 0 Å². The minimum absolute atomic E-state index is 0.0228. The van der Waals surface area contributed by atoms with Crippen LogP contribution < -0.4 is 0 Å². The van der Waals surface area contributed by atoms with Crippen molar-refractivity contribution in [3.8, 4) is 0 Å². The number of allylic oxidation sites excluding steroid dienone is 28. The third kappa shape index (κ3) is 68.9. The maximum absolute atomic E-state index is 13.1. The topological polar surface area (TPSA) is 237 Å². The number of ether oxygens (including phenoxy) is 4. The number of hydrogen-bond acceptors (Lipinski definition) is 15. The van der Waals surface area contributed by atoms with Gasteiger partial charge in [0.1, 0.15) is 19.3 Å². The first-order valence-electron chi connectivity index (χ1n) is 36.4. The molecule has 98 heavy (non-hydrogen) atoms. The van der Waals surface area contributed by atoms with Crippen LogP contribution in [0.25, 0.3) is 0 Å². The van der Waals surface area contributed by atoms with E-state index in [-0.39, 0.29) is 25.7 Å². The lowest BCUT2D eigenvalue weighted by Gasteiger charge is -2.21. The van der Waals surface area contributed by atoms with E-state index in [1.807, 2.05) is 18.2 Å². The second-order valence-corrected chi connectivity index (χ2v) is 26.3. The number of rotatable bonds is 66. The predicted octanol–water partition coefficient (Wildman–Crippen LogP) is 20.7. The molecule has 0 rings (SSSR count). The van der Waals surface area contributed by atoms with E-state index in [9.17, 15) is 43.2 Å². The molecule has 0 aromatic heterocycles. The molecular weight excluding hydrogens is 1280 g/mol. The zero-order chi connectivity index (χ0) is 71.8. The summed E-state index contributed by atoms with van der Waals surface area (Å²) in [4.78, 5) is 72.7. The molecule has 554 valence electrons. The van der Waals surface area contributed by atoms with Gasteiger partial charge in [0.15, 0.2) is 12.2 Å². The van der Waals surface area contributed by atoms with E-state index in [1.165, 1.54) is 6.42 Å². The lowest BCUT2D eigenvalue weighted by molar-refractivity contribution is -0.161. The van der Waals surface area contributed by atoms with Gasteiger partial charge in [0.25, 0.3) is 0 Å². The highest BCUT2D eigenvalue weighted by molar-refractivity contribution is 7.47. The van der Waals surface area contributed by atoms with Gasteiger partial charge in [-0.2, -0.15) is 0 Å². The highest BCUT2D eigenvalue weighted by Gasteiger charge is 2.30. The van der Waals surface area contributed by atoms with E-state index < -0.39 is 97.5 Å². The van der Waals surface area contributed by atoms with Crippen LogP contribution in [-0.2, 0) is 65.4 Å². The van der Waals surface area contributed by atoms with Gasteiger partial charge in [0.05, 0.1) is 26.4 Å². The van der Waals surface area contributed by atoms with E-state index in [2.05, 4.69) is 180 Å². The average Bonchev–Trinajstić information content (AvgIpc) is 0.986. The number of carbonyl (C=O) groups excluding carboxylic acids is 4. The molecule has 0 aromatic carbocycles. The summed E-state index contributed by atoms with van der Waals surface area (Å²) >= 11 is 0. The van der Waals surface area contributed by atoms with Gasteiger partial charge < -0.3 is 33.8 Å². The molecule has 0 radical (unpaired) electrons. The SMILES string of the molecule is CC/C=C\C/C=C\C/C=C\C/C=C\C/C=C\CCCC(=O)OCC(COP(=O)(O)OCC(O)COP(=O)(O)OCC(COC(=O)CCCC/C=C\C/C=C\C/C=C\C/C=C\CC)OC(=O)CCCCCCC/C=C\CCCC)OC(=O)CCCC/C=C\C/C=C\C/C=C\C/C=C\CC. The first-order valence-corrected chi connectivity index (χ1v) is 39.4. The molecule has 0 aliphatic rings. The highest BCUT2D eigenvalue weighted by atomic mass is 31.2. The van der Waals surface area contributed by atoms with Crippen LogP contribution in [0.3, 0.4) is 0 Å². The van der Waals surface area contributed by atoms with E-state index in [4.69, 9.17) is 37.0 Å². The zero-order valence-electron chi connectivity index (χ0n) is 60.1. The monoisotopic (exact) mass is 1410 g/mol. The summed E-state index contributed by atoms with van der Waals surface area (Å²) in [6.07, 6.45) is 81.0. The Morgan fingerprint density at radius 3 is 0.888 bits per heavy atom. The van der Waals surface area contributed by atoms with Crippen LogP contribution in [0, 0.1) is 0 Å². The first-order chi connectivity index (χ1) is 47.7. The van der Waals surface area contributed by atoms with Gasteiger partial charge in [-0.25, -0.2) is 9.13 Å².